The Morgan fingerprint density at radius 2 is 2.21 bits per heavy atom. The van der Waals surface area contributed by atoms with Crippen molar-refractivity contribution in [3.63, 3.8) is 0 Å². The van der Waals surface area contributed by atoms with Gasteiger partial charge in [-0.25, -0.2) is 4.98 Å². The van der Waals surface area contributed by atoms with E-state index in [0.29, 0.717) is 11.5 Å². The van der Waals surface area contributed by atoms with Crippen LogP contribution in [0, 0.1) is 5.92 Å². The number of nitrogens with zero attached hydrogens (tertiary/aromatic N) is 2. The number of carbonyl (C=O) groups is 1. The molecule has 0 spiro atoms. The van der Waals surface area contributed by atoms with Crippen LogP contribution in [0.1, 0.15) is 30.1 Å². The minimum Gasteiger partial charge on any atom is -0.396 e. The molecule has 0 bridgehead atoms. The standard InChI is InChI=1S/C14H23N3O2/c1-11(10-18)5-4-8-15-13-7-6-12(9-16-13)14(19)17(2)3/h6-7,9,11,18H,4-5,8,10H2,1-3H3,(H,15,16). The summed E-state index contributed by atoms with van der Waals surface area (Å²) in [6.45, 7) is 3.08. The SMILES string of the molecule is CC(CO)CCCNc1ccc(C(=O)N(C)C)cn1. The molecule has 1 unspecified atom stereocenters. The summed E-state index contributed by atoms with van der Waals surface area (Å²) in [7, 11) is 3.44. The lowest BCUT2D eigenvalue weighted by Crippen LogP contribution is -2.21. The van der Waals surface area contributed by atoms with E-state index in [4.69, 9.17) is 5.11 Å². The summed E-state index contributed by atoms with van der Waals surface area (Å²) in [6, 6.07) is 3.58. The van der Waals surface area contributed by atoms with Crippen LogP contribution in [0.15, 0.2) is 18.3 Å². The number of anilines is 1. The van der Waals surface area contributed by atoms with Crippen molar-refractivity contribution in [3.05, 3.63) is 23.9 Å². The maximum Gasteiger partial charge on any atom is 0.254 e. The topological polar surface area (TPSA) is 65.5 Å². The normalized spacial score (nSPS) is 12.0. The quantitative estimate of drug-likeness (QED) is 0.735. The molecule has 1 rings (SSSR count). The number of hydrogen-bond acceptors (Lipinski definition) is 4. The number of aliphatic hydroxyl groups is 1. The second-order valence-corrected chi connectivity index (χ2v) is 4.99. The summed E-state index contributed by atoms with van der Waals surface area (Å²) in [5.41, 5.74) is 0.587. The number of rotatable bonds is 7. The van der Waals surface area contributed by atoms with Crippen LogP contribution in [0.4, 0.5) is 5.82 Å². The molecule has 0 aliphatic rings. The average Bonchev–Trinajstić information content (AvgIpc) is 2.43. The van der Waals surface area contributed by atoms with Crippen LogP contribution < -0.4 is 5.32 Å². The van der Waals surface area contributed by atoms with Crippen molar-refractivity contribution in [2.75, 3.05) is 32.6 Å². The summed E-state index contributed by atoms with van der Waals surface area (Å²) in [5, 5.41) is 12.1. The van der Waals surface area contributed by atoms with E-state index in [-0.39, 0.29) is 12.5 Å². The van der Waals surface area contributed by atoms with Gasteiger partial charge in [-0.2, -0.15) is 0 Å². The Labute approximate surface area is 114 Å². The number of aromatic nitrogens is 1. The first-order chi connectivity index (χ1) is 9.04. The average molecular weight is 265 g/mol. The van der Waals surface area contributed by atoms with Gasteiger partial charge in [0, 0.05) is 33.4 Å². The van der Waals surface area contributed by atoms with E-state index in [1.54, 1.807) is 26.4 Å². The first-order valence-corrected chi connectivity index (χ1v) is 6.57. The van der Waals surface area contributed by atoms with Crippen molar-refractivity contribution in [1.82, 2.24) is 9.88 Å². The van der Waals surface area contributed by atoms with Crippen LogP contribution in [0.3, 0.4) is 0 Å². The van der Waals surface area contributed by atoms with Gasteiger partial charge in [-0.15, -0.1) is 0 Å². The van der Waals surface area contributed by atoms with Gasteiger partial charge in [0.25, 0.3) is 5.91 Å². The maximum atomic E-state index is 11.7. The van der Waals surface area contributed by atoms with E-state index < -0.39 is 0 Å². The molecule has 0 saturated heterocycles. The van der Waals surface area contributed by atoms with Crippen molar-refractivity contribution >= 4 is 11.7 Å². The molecule has 0 fully saturated rings. The van der Waals surface area contributed by atoms with Gasteiger partial charge < -0.3 is 15.3 Å². The van der Waals surface area contributed by atoms with Gasteiger partial charge in [0.05, 0.1) is 5.56 Å². The van der Waals surface area contributed by atoms with E-state index in [2.05, 4.69) is 10.3 Å². The number of nitrogens with one attached hydrogen (secondary N) is 1. The fourth-order valence-corrected chi connectivity index (χ4v) is 1.64. The second-order valence-electron chi connectivity index (χ2n) is 4.99. The van der Waals surface area contributed by atoms with E-state index in [1.165, 1.54) is 4.90 Å². The van der Waals surface area contributed by atoms with E-state index in [1.807, 2.05) is 13.0 Å². The molecule has 0 saturated carbocycles. The number of aliphatic hydroxyl groups excluding tert-OH is 1. The minimum atomic E-state index is -0.0455. The van der Waals surface area contributed by atoms with Crippen LogP contribution in [0.25, 0.3) is 0 Å². The molecule has 0 aliphatic carbocycles. The number of pyridine rings is 1. The second kappa shape index (κ2) is 7.74. The molecular weight excluding hydrogens is 242 g/mol. The van der Waals surface area contributed by atoms with Gasteiger partial charge in [-0.05, 0) is 30.9 Å². The highest BCUT2D eigenvalue weighted by Gasteiger charge is 2.07. The van der Waals surface area contributed by atoms with Crippen LogP contribution in [-0.4, -0.2) is 48.1 Å². The molecular formula is C14H23N3O2. The lowest BCUT2D eigenvalue weighted by molar-refractivity contribution is 0.0827. The van der Waals surface area contributed by atoms with E-state index >= 15 is 0 Å². The predicted molar refractivity (Wildman–Crippen MR) is 76.2 cm³/mol. The first-order valence-electron chi connectivity index (χ1n) is 6.57. The summed E-state index contributed by atoms with van der Waals surface area (Å²) in [4.78, 5) is 17.4. The Balaban J connectivity index is 2.38. The van der Waals surface area contributed by atoms with Gasteiger partial charge in [-0.1, -0.05) is 6.92 Å². The monoisotopic (exact) mass is 265 g/mol. The number of carbonyl (C=O) groups excluding carboxylic acids is 1. The molecule has 0 radical (unpaired) electrons. The van der Waals surface area contributed by atoms with Crippen LogP contribution >= 0.6 is 0 Å². The van der Waals surface area contributed by atoms with E-state index in [0.717, 1.165) is 25.2 Å². The van der Waals surface area contributed by atoms with Crippen LogP contribution in [0.2, 0.25) is 0 Å². The molecule has 1 atom stereocenters. The summed E-state index contributed by atoms with van der Waals surface area (Å²) in [6.07, 6.45) is 3.56. The fraction of sp³-hybridized carbons (Fsp3) is 0.571. The molecule has 5 heteroatoms. The molecule has 1 heterocycles. The molecule has 1 amide bonds. The van der Waals surface area contributed by atoms with Crippen molar-refractivity contribution < 1.29 is 9.90 Å². The molecule has 19 heavy (non-hydrogen) atoms. The van der Waals surface area contributed by atoms with Gasteiger partial charge >= 0.3 is 0 Å². The van der Waals surface area contributed by atoms with Crippen molar-refractivity contribution in [2.24, 2.45) is 5.92 Å². The highest BCUT2D eigenvalue weighted by Crippen LogP contribution is 2.08. The van der Waals surface area contributed by atoms with E-state index in [9.17, 15) is 4.79 Å². The molecule has 0 aromatic carbocycles. The summed E-state index contributed by atoms with van der Waals surface area (Å²) < 4.78 is 0. The van der Waals surface area contributed by atoms with Crippen molar-refractivity contribution in [2.45, 2.75) is 19.8 Å². The van der Waals surface area contributed by atoms with Crippen LogP contribution in [0.5, 0.6) is 0 Å². The Morgan fingerprint density at radius 3 is 2.74 bits per heavy atom. The number of hydrogen-bond donors (Lipinski definition) is 2. The third-order valence-corrected chi connectivity index (χ3v) is 2.91. The zero-order chi connectivity index (χ0) is 14.3. The molecule has 2 N–H and O–H groups in total. The van der Waals surface area contributed by atoms with Crippen molar-refractivity contribution in [1.29, 1.82) is 0 Å². The Morgan fingerprint density at radius 1 is 1.47 bits per heavy atom. The zero-order valence-electron chi connectivity index (χ0n) is 11.9. The third-order valence-electron chi connectivity index (χ3n) is 2.91. The highest BCUT2D eigenvalue weighted by atomic mass is 16.3. The van der Waals surface area contributed by atoms with Gasteiger partial charge in [0.1, 0.15) is 5.82 Å². The fourth-order valence-electron chi connectivity index (χ4n) is 1.64. The maximum absolute atomic E-state index is 11.7. The molecule has 1 aromatic rings. The molecule has 0 aliphatic heterocycles. The molecule has 106 valence electrons. The van der Waals surface area contributed by atoms with Crippen molar-refractivity contribution in [3.8, 4) is 0 Å². The largest absolute Gasteiger partial charge is 0.396 e. The Bertz CT molecular complexity index is 390. The highest BCUT2D eigenvalue weighted by molar-refractivity contribution is 5.93. The van der Waals surface area contributed by atoms with Gasteiger partial charge in [0.2, 0.25) is 0 Å². The summed E-state index contributed by atoms with van der Waals surface area (Å²) in [5.74, 6) is 1.07. The van der Waals surface area contributed by atoms with Gasteiger partial charge in [0.15, 0.2) is 0 Å². The molecule has 5 nitrogen and oxygen atoms in total. The lowest BCUT2D eigenvalue weighted by Gasteiger charge is -2.11. The smallest absolute Gasteiger partial charge is 0.254 e. The molecule has 1 aromatic heterocycles. The predicted octanol–water partition coefficient (Wildman–Crippen LogP) is 1.60. The zero-order valence-corrected chi connectivity index (χ0v) is 11.9. The Hall–Kier alpha value is -1.62. The first kappa shape index (κ1) is 15.4. The Kier molecular flexibility index (Phi) is 6.29. The summed E-state index contributed by atoms with van der Waals surface area (Å²) >= 11 is 0. The van der Waals surface area contributed by atoms with Crippen LogP contribution in [-0.2, 0) is 0 Å². The van der Waals surface area contributed by atoms with Gasteiger partial charge in [-0.3, -0.25) is 4.79 Å². The minimum absolute atomic E-state index is 0.0455. The number of amides is 1. The third kappa shape index (κ3) is 5.26. The lowest BCUT2D eigenvalue weighted by atomic mass is 10.1.